The fourth-order valence-corrected chi connectivity index (χ4v) is 7.26. The minimum atomic E-state index is -4.96. The molecule has 1 aromatic heterocycles. The zero-order valence-electron chi connectivity index (χ0n) is 23.7. The van der Waals surface area contributed by atoms with E-state index in [1.54, 1.807) is 30.3 Å². The van der Waals surface area contributed by atoms with Crippen LogP contribution in [0.2, 0.25) is 0 Å². The zero-order valence-corrected chi connectivity index (χ0v) is 26.1. The number of carbonyl (C=O) groups is 4. The molecule has 2 N–H and O–H groups in total. The van der Waals surface area contributed by atoms with Gasteiger partial charge in [-0.05, 0) is 48.9 Å². The van der Waals surface area contributed by atoms with Crippen LogP contribution in [0, 0.1) is 0 Å². The normalized spacial score (nSPS) is 14.0. The number of hydrogen-bond acceptors (Lipinski definition) is 12. The number of methoxy groups -OCH3 is 1. The molecule has 238 valence electrons. The number of aldehydes is 1. The number of hydroxylamine groups is 2. The van der Waals surface area contributed by atoms with Crippen molar-refractivity contribution in [3.63, 3.8) is 0 Å². The van der Waals surface area contributed by atoms with Crippen molar-refractivity contribution in [2.75, 3.05) is 18.6 Å². The Kier molecular flexibility index (Phi) is 9.89. The Labute approximate surface area is 261 Å². The molecule has 1 aliphatic heterocycles. The molecule has 0 saturated carbocycles. The molecule has 1 saturated heterocycles. The van der Waals surface area contributed by atoms with Gasteiger partial charge in [-0.25, -0.2) is 4.79 Å². The lowest BCUT2D eigenvalue weighted by molar-refractivity contribution is -0.172. The smallest absolute Gasteiger partial charge is 0.363 e. The van der Waals surface area contributed by atoms with Gasteiger partial charge in [-0.3, -0.25) is 23.5 Å². The second-order valence-corrected chi connectivity index (χ2v) is 13.6. The first-order chi connectivity index (χ1) is 21.2. The van der Waals surface area contributed by atoms with Crippen LogP contribution < -0.4 is 9.64 Å². The highest BCUT2D eigenvalue weighted by atomic mass is 32.3. The highest BCUT2D eigenvalue weighted by Crippen LogP contribution is 2.37. The van der Waals surface area contributed by atoms with Crippen molar-refractivity contribution in [2.45, 2.75) is 35.4 Å². The van der Waals surface area contributed by atoms with Crippen molar-refractivity contribution in [2.24, 2.45) is 0 Å². The number of thiophene rings is 1. The van der Waals surface area contributed by atoms with E-state index in [4.69, 9.17) is 9.57 Å². The molecule has 2 aromatic carbocycles. The summed E-state index contributed by atoms with van der Waals surface area (Å²) >= 11 is 0.295. The monoisotopic (exact) mass is 678 g/mol. The standard InChI is InChI=1S/C28H26N2O12S3/c1-3-29(15-17-4-6-18(7-5-17)28(34)42-30-24(32)10-11-25(30)33)21-9-8-19(22(13-21)41-2)12-20(16-31)27-23(44(35,36)37)14-26(43-27)45(38,39)40/h4-9,12-14,16H,3,10-11,15H2,1-2H3,(H,35,36,37)(H,38,39,40)/b20-12+. The summed E-state index contributed by atoms with van der Waals surface area (Å²) < 4.78 is 70.7. The maximum atomic E-state index is 12.4. The van der Waals surface area contributed by atoms with E-state index in [-0.39, 0.29) is 36.0 Å². The van der Waals surface area contributed by atoms with E-state index in [2.05, 4.69) is 0 Å². The van der Waals surface area contributed by atoms with E-state index in [1.807, 2.05) is 11.8 Å². The van der Waals surface area contributed by atoms with Gasteiger partial charge >= 0.3 is 16.1 Å². The van der Waals surface area contributed by atoms with Crippen LogP contribution in [0.15, 0.2) is 57.6 Å². The molecule has 45 heavy (non-hydrogen) atoms. The van der Waals surface area contributed by atoms with Gasteiger partial charge in [0.25, 0.3) is 21.9 Å². The molecule has 1 fully saturated rings. The summed E-state index contributed by atoms with van der Waals surface area (Å²) in [6.07, 6.45) is 1.50. The Bertz CT molecular complexity index is 1900. The molecule has 0 unspecified atom stereocenters. The van der Waals surface area contributed by atoms with Gasteiger partial charge in [0.2, 0.25) is 0 Å². The zero-order chi connectivity index (χ0) is 33.1. The molecule has 1 aliphatic rings. The third-order valence-electron chi connectivity index (χ3n) is 6.61. The Hall–Kier alpha value is -4.42. The SMILES string of the molecule is CCN(Cc1ccc(C(=O)ON2C(=O)CCC2=O)cc1)c1ccc(/C=C(\C=O)c2sc(S(=O)(=O)O)cc2S(=O)(=O)O)c(OC)c1. The molecule has 0 radical (unpaired) electrons. The number of benzene rings is 2. The molecule has 2 heterocycles. The van der Waals surface area contributed by atoms with Gasteiger partial charge in [-0.2, -0.15) is 16.8 Å². The molecule has 14 nitrogen and oxygen atoms in total. The Balaban J connectivity index is 1.58. The lowest BCUT2D eigenvalue weighted by Crippen LogP contribution is -2.32. The minimum absolute atomic E-state index is 0.0142. The quantitative estimate of drug-likeness (QED) is 0.122. The van der Waals surface area contributed by atoms with Gasteiger partial charge in [0.1, 0.15) is 14.9 Å². The molecule has 4 rings (SSSR count). The van der Waals surface area contributed by atoms with Crippen LogP contribution in [0.4, 0.5) is 5.69 Å². The fraction of sp³-hybridized carbons (Fsp3) is 0.214. The van der Waals surface area contributed by atoms with Gasteiger partial charge < -0.3 is 14.5 Å². The number of allylic oxidation sites excluding steroid dienone is 1. The summed E-state index contributed by atoms with van der Waals surface area (Å²) in [5.41, 5.74) is 1.66. The molecule has 17 heteroatoms. The summed E-state index contributed by atoms with van der Waals surface area (Å²) in [6.45, 7) is 2.82. The third-order valence-corrected chi connectivity index (χ3v) is 10.1. The predicted molar refractivity (Wildman–Crippen MR) is 161 cm³/mol. The van der Waals surface area contributed by atoms with E-state index in [9.17, 15) is 45.1 Å². The van der Waals surface area contributed by atoms with Gasteiger partial charge in [-0.15, -0.1) is 16.4 Å². The van der Waals surface area contributed by atoms with Gasteiger partial charge in [-0.1, -0.05) is 12.1 Å². The highest BCUT2D eigenvalue weighted by Gasteiger charge is 2.33. The average molecular weight is 679 g/mol. The van der Waals surface area contributed by atoms with E-state index in [1.165, 1.54) is 25.3 Å². The lowest BCUT2D eigenvalue weighted by atomic mass is 10.1. The minimum Gasteiger partial charge on any atom is -0.496 e. The third kappa shape index (κ3) is 7.63. The fourth-order valence-electron chi connectivity index (χ4n) is 4.35. The second-order valence-electron chi connectivity index (χ2n) is 9.52. The summed E-state index contributed by atoms with van der Waals surface area (Å²) in [7, 11) is -8.42. The number of rotatable bonds is 12. The Morgan fingerprint density at radius 1 is 1.00 bits per heavy atom. The van der Waals surface area contributed by atoms with Crippen LogP contribution in [-0.2, 0) is 46.0 Å². The van der Waals surface area contributed by atoms with E-state index >= 15 is 0 Å². The van der Waals surface area contributed by atoms with E-state index < -0.39 is 52.0 Å². The van der Waals surface area contributed by atoms with Crippen molar-refractivity contribution < 1.29 is 54.7 Å². The first-order valence-electron chi connectivity index (χ1n) is 13.0. The van der Waals surface area contributed by atoms with Crippen molar-refractivity contribution in [3.8, 4) is 5.75 Å². The van der Waals surface area contributed by atoms with Gasteiger partial charge in [0.05, 0.1) is 17.6 Å². The van der Waals surface area contributed by atoms with Crippen LogP contribution >= 0.6 is 11.3 Å². The van der Waals surface area contributed by atoms with Gasteiger partial charge in [0.15, 0.2) is 6.29 Å². The molecule has 3 aromatic rings. The van der Waals surface area contributed by atoms with Crippen molar-refractivity contribution in [1.29, 1.82) is 0 Å². The number of anilines is 1. The van der Waals surface area contributed by atoms with Crippen molar-refractivity contribution in [3.05, 3.63) is 70.1 Å². The summed E-state index contributed by atoms with van der Waals surface area (Å²) in [5.74, 6) is -1.73. The summed E-state index contributed by atoms with van der Waals surface area (Å²) in [6, 6.07) is 11.9. The second kappa shape index (κ2) is 13.3. The topological polar surface area (TPSA) is 202 Å². The number of ether oxygens (including phenoxy) is 1. The first kappa shape index (κ1) is 33.5. The molecule has 2 amide bonds. The molecular weight excluding hydrogens is 653 g/mol. The lowest BCUT2D eigenvalue weighted by Gasteiger charge is -2.24. The average Bonchev–Trinajstić information content (AvgIpc) is 3.59. The Morgan fingerprint density at radius 2 is 1.64 bits per heavy atom. The predicted octanol–water partition coefficient (Wildman–Crippen LogP) is 3.24. The number of nitrogens with zero attached hydrogens (tertiary/aromatic N) is 2. The van der Waals surface area contributed by atoms with Gasteiger partial charge in [0, 0.05) is 48.8 Å². The molecule has 0 aliphatic carbocycles. The number of amides is 2. The maximum Gasteiger partial charge on any atom is 0.363 e. The van der Waals surface area contributed by atoms with Crippen molar-refractivity contribution in [1.82, 2.24) is 5.06 Å². The number of imide groups is 1. The van der Waals surface area contributed by atoms with Crippen molar-refractivity contribution >= 4 is 73.0 Å². The largest absolute Gasteiger partial charge is 0.496 e. The highest BCUT2D eigenvalue weighted by molar-refractivity contribution is 7.88. The van der Waals surface area contributed by atoms with E-state index in [0.29, 0.717) is 46.8 Å². The number of carbonyl (C=O) groups excluding carboxylic acids is 4. The summed E-state index contributed by atoms with van der Waals surface area (Å²) in [5, 5.41) is 0.476. The molecule has 0 spiro atoms. The van der Waals surface area contributed by atoms with Crippen LogP contribution in [0.1, 0.15) is 46.1 Å². The van der Waals surface area contributed by atoms with Crippen LogP contribution in [0.3, 0.4) is 0 Å². The maximum absolute atomic E-state index is 12.4. The Morgan fingerprint density at radius 3 is 2.18 bits per heavy atom. The molecule has 0 atom stereocenters. The first-order valence-corrected chi connectivity index (χ1v) is 16.7. The molecule has 0 bridgehead atoms. The molecular formula is C28H26N2O12S3. The van der Waals surface area contributed by atoms with Crippen LogP contribution in [0.25, 0.3) is 11.6 Å². The number of hydrogen-bond donors (Lipinski definition) is 2. The van der Waals surface area contributed by atoms with Crippen LogP contribution in [-0.4, -0.2) is 68.7 Å². The van der Waals surface area contributed by atoms with Crippen LogP contribution in [0.5, 0.6) is 5.75 Å². The van der Waals surface area contributed by atoms with E-state index in [0.717, 1.165) is 5.56 Å². The summed E-state index contributed by atoms with van der Waals surface area (Å²) in [4.78, 5) is 53.5.